The summed E-state index contributed by atoms with van der Waals surface area (Å²) >= 11 is 1.68. The summed E-state index contributed by atoms with van der Waals surface area (Å²) in [6.45, 7) is 7.87. The van der Waals surface area contributed by atoms with Gasteiger partial charge in [0.15, 0.2) is 0 Å². The second kappa shape index (κ2) is 8.29. The van der Waals surface area contributed by atoms with Crippen LogP contribution in [0.4, 0.5) is 4.79 Å². The maximum atomic E-state index is 11.9. The molecule has 2 heterocycles. The lowest BCUT2D eigenvalue weighted by Crippen LogP contribution is -2.49. The summed E-state index contributed by atoms with van der Waals surface area (Å²) in [7, 11) is 0. The molecule has 0 saturated carbocycles. The van der Waals surface area contributed by atoms with E-state index >= 15 is 0 Å². The van der Waals surface area contributed by atoms with Crippen LogP contribution in [0.2, 0.25) is 0 Å². The van der Waals surface area contributed by atoms with Crippen LogP contribution < -0.4 is 10.6 Å². The van der Waals surface area contributed by atoms with Gasteiger partial charge in [0.05, 0.1) is 10.7 Å². The summed E-state index contributed by atoms with van der Waals surface area (Å²) in [4.78, 5) is 29.6. The van der Waals surface area contributed by atoms with Gasteiger partial charge in [-0.05, 0) is 12.8 Å². The zero-order chi connectivity index (χ0) is 16.8. The van der Waals surface area contributed by atoms with E-state index in [-0.39, 0.29) is 18.0 Å². The lowest BCUT2D eigenvalue weighted by atomic mass is 10.1. The highest BCUT2D eigenvalue weighted by atomic mass is 32.1. The van der Waals surface area contributed by atoms with E-state index in [4.69, 9.17) is 0 Å². The lowest BCUT2D eigenvalue weighted by Gasteiger charge is -2.31. The number of piperidine rings is 1. The molecule has 2 N–H and O–H groups in total. The fourth-order valence-corrected chi connectivity index (χ4v) is 3.45. The number of carbonyl (C=O) groups is 2. The van der Waals surface area contributed by atoms with Crippen LogP contribution in [0.3, 0.4) is 0 Å². The molecule has 1 fully saturated rings. The van der Waals surface area contributed by atoms with E-state index in [9.17, 15) is 9.59 Å². The molecule has 128 valence electrons. The van der Waals surface area contributed by atoms with E-state index in [1.54, 1.807) is 18.3 Å². The van der Waals surface area contributed by atoms with Crippen LogP contribution in [-0.4, -0.2) is 47.5 Å². The normalized spacial score (nSPS) is 15.7. The van der Waals surface area contributed by atoms with E-state index in [0.717, 1.165) is 43.1 Å². The summed E-state index contributed by atoms with van der Waals surface area (Å²) in [6.07, 6.45) is 2.38. The van der Waals surface area contributed by atoms with Crippen molar-refractivity contribution in [1.29, 1.82) is 0 Å². The van der Waals surface area contributed by atoms with Crippen LogP contribution in [0.1, 0.15) is 50.2 Å². The van der Waals surface area contributed by atoms with Gasteiger partial charge in [-0.15, -0.1) is 11.3 Å². The first kappa shape index (κ1) is 17.7. The number of hydrogen-bond acceptors (Lipinski definition) is 4. The average Bonchev–Trinajstić information content (AvgIpc) is 2.97. The molecule has 1 aromatic rings. The molecule has 1 aliphatic heterocycles. The first-order valence-electron chi connectivity index (χ1n) is 8.20. The highest BCUT2D eigenvalue weighted by molar-refractivity contribution is 7.09. The number of carbonyl (C=O) groups excluding carboxylic acids is 2. The molecule has 1 saturated heterocycles. The number of thiazole rings is 1. The van der Waals surface area contributed by atoms with Crippen LogP contribution in [0.25, 0.3) is 0 Å². The molecule has 6 nitrogen and oxygen atoms in total. The van der Waals surface area contributed by atoms with Gasteiger partial charge >= 0.3 is 6.03 Å². The third kappa shape index (κ3) is 5.49. The summed E-state index contributed by atoms with van der Waals surface area (Å²) in [5.74, 6) is 0.558. The first-order valence-corrected chi connectivity index (χ1v) is 9.08. The molecule has 0 spiro atoms. The van der Waals surface area contributed by atoms with Crippen molar-refractivity contribution >= 4 is 23.3 Å². The topological polar surface area (TPSA) is 74.3 Å². The Kier molecular flexibility index (Phi) is 6.38. The Morgan fingerprint density at radius 2 is 2.09 bits per heavy atom. The SMILES string of the molecule is CC(=O)N1CCC(NC(=O)NCCc2csc(C(C)C)n2)CC1. The van der Waals surface area contributed by atoms with E-state index in [1.807, 2.05) is 4.90 Å². The van der Waals surface area contributed by atoms with Crippen LogP contribution in [0.15, 0.2) is 5.38 Å². The Labute approximate surface area is 141 Å². The van der Waals surface area contributed by atoms with Gasteiger partial charge in [-0.2, -0.15) is 0 Å². The molecule has 1 aromatic heterocycles. The van der Waals surface area contributed by atoms with Gasteiger partial charge < -0.3 is 15.5 Å². The number of nitrogens with one attached hydrogen (secondary N) is 2. The Morgan fingerprint density at radius 1 is 1.39 bits per heavy atom. The number of likely N-dealkylation sites (tertiary alicyclic amines) is 1. The van der Waals surface area contributed by atoms with Crippen molar-refractivity contribution in [3.8, 4) is 0 Å². The van der Waals surface area contributed by atoms with Crippen molar-refractivity contribution in [1.82, 2.24) is 20.5 Å². The molecular weight excluding hydrogens is 312 g/mol. The second-order valence-electron chi connectivity index (χ2n) is 6.26. The van der Waals surface area contributed by atoms with Crippen LogP contribution in [-0.2, 0) is 11.2 Å². The van der Waals surface area contributed by atoms with Crippen molar-refractivity contribution in [2.75, 3.05) is 19.6 Å². The molecule has 23 heavy (non-hydrogen) atoms. The first-order chi connectivity index (χ1) is 11.0. The fraction of sp³-hybridized carbons (Fsp3) is 0.688. The Hall–Kier alpha value is -1.63. The monoisotopic (exact) mass is 338 g/mol. The number of urea groups is 1. The molecule has 2 rings (SSSR count). The Bertz CT molecular complexity index is 536. The number of nitrogens with zero attached hydrogens (tertiary/aromatic N) is 2. The van der Waals surface area contributed by atoms with Gasteiger partial charge in [0, 0.05) is 50.3 Å². The molecule has 1 aliphatic rings. The molecular formula is C16H26N4O2S. The van der Waals surface area contributed by atoms with Gasteiger partial charge in [0.2, 0.25) is 5.91 Å². The van der Waals surface area contributed by atoms with Gasteiger partial charge in [-0.25, -0.2) is 9.78 Å². The van der Waals surface area contributed by atoms with Crippen LogP contribution >= 0.6 is 11.3 Å². The largest absolute Gasteiger partial charge is 0.343 e. The summed E-state index contributed by atoms with van der Waals surface area (Å²) in [5.41, 5.74) is 1.04. The third-order valence-electron chi connectivity index (χ3n) is 4.01. The smallest absolute Gasteiger partial charge is 0.315 e. The van der Waals surface area contributed by atoms with Crippen molar-refractivity contribution in [2.24, 2.45) is 0 Å². The average molecular weight is 338 g/mol. The zero-order valence-electron chi connectivity index (χ0n) is 14.1. The van der Waals surface area contributed by atoms with Crippen LogP contribution in [0.5, 0.6) is 0 Å². The van der Waals surface area contributed by atoms with Gasteiger partial charge in [-0.1, -0.05) is 13.8 Å². The quantitative estimate of drug-likeness (QED) is 0.863. The molecule has 7 heteroatoms. The molecule has 0 bridgehead atoms. The van der Waals surface area contributed by atoms with Gasteiger partial charge in [-0.3, -0.25) is 4.79 Å². The van der Waals surface area contributed by atoms with E-state index in [2.05, 4.69) is 34.8 Å². The fourth-order valence-electron chi connectivity index (χ4n) is 2.58. The number of amides is 3. The molecule has 0 aromatic carbocycles. The van der Waals surface area contributed by atoms with Gasteiger partial charge in [0.1, 0.15) is 0 Å². The van der Waals surface area contributed by atoms with Crippen molar-refractivity contribution < 1.29 is 9.59 Å². The number of hydrogen-bond donors (Lipinski definition) is 2. The summed E-state index contributed by atoms with van der Waals surface area (Å²) in [5, 5.41) is 9.07. The van der Waals surface area contributed by atoms with Gasteiger partial charge in [0.25, 0.3) is 0 Å². The number of aromatic nitrogens is 1. The molecule has 0 aliphatic carbocycles. The minimum Gasteiger partial charge on any atom is -0.343 e. The van der Waals surface area contributed by atoms with E-state index in [0.29, 0.717) is 12.5 Å². The molecule has 0 atom stereocenters. The maximum Gasteiger partial charge on any atom is 0.315 e. The predicted octanol–water partition coefficient (Wildman–Crippen LogP) is 2.12. The Balaban J connectivity index is 1.64. The lowest BCUT2D eigenvalue weighted by molar-refractivity contribution is -0.129. The number of rotatable bonds is 5. The predicted molar refractivity (Wildman–Crippen MR) is 91.7 cm³/mol. The van der Waals surface area contributed by atoms with E-state index in [1.165, 1.54) is 0 Å². The molecule has 3 amide bonds. The minimum atomic E-state index is -0.134. The van der Waals surface area contributed by atoms with Crippen molar-refractivity contribution in [2.45, 2.75) is 52.0 Å². The highest BCUT2D eigenvalue weighted by Crippen LogP contribution is 2.19. The second-order valence-corrected chi connectivity index (χ2v) is 7.15. The Morgan fingerprint density at radius 3 is 2.65 bits per heavy atom. The summed E-state index contributed by atoms with van der Waals surface area (Å²) < 4.78 is 0. The minimum absolute atomic E-state index is 0.108. The van der Waals surface area contributed by atoms with Crippen LogP contribution in [0, 0.1) is 0 Å². The summed E-state index contributed by atoms with van der Waals surface area (Å²) in [6, 6.07) is 0.0167. The van der Waals surface area contributed by atoms with Crippen molar-refractivity contribution in [3.05, 3.63) is 16.1 Å². The standard InChI is InChI=1S/C16H26N4O2S/c1-11(2)15-18-14(10-23-15)4-7-17-16(22)19-13-5-8-20(9-6-13)12(3)21/h10-11,13H,4-9H2,1-3H3,(H2,17,19,22). The maximum absolute atomic E-state index is 11.9. The van der Waals surface area contributed by atoms with Crippen molar-refractivity contribution in [3.63, 3.8) is 0 Å². The third-order valence-corrected chi connectivity index (χ3v) is 5.20. The van der Waals surface area contributed by atoms with E-state index < -0.39 is 0 Å². The zero-order valence-corrected chi connectivity index (χ0v) is 14.9. The molecule has 0 radical (unpaired) electrons. The molecule has 0 unspecified atom stereocenters. The highest BCUT2D eigenvalue weighted by Gasteiger charge is 2.21.